The lowest BCUT2D eigenvalue weighted by Gasteiger charge is -2.24. The molecule has 0 spiro atoms. The van der Waals surface area contributed by atoms with Gasteiger partial charge in [0.05, 0.1) is 28.5 Å². The molecular weight excluding hydrogens is 447 g/mol. The zero-order valence-corrected chi connectivity index (χ0v) is 19.6. The number of amides is 1. The van der Waals surface area contributed by atoms with Crippen LogP contribution in [0.2, 0.25) is 10.0 Å². The number of hydrogen-bond acceptors (Lipinski definition) is 4. The van der Waals surface area contributed by atoms with Crippen molar-refractivity contribution in [2.45, 2.75) is 26.7 Å². The van der Waals surface area contributed by atoms with Gasteiger partial charge in [-0.3, -0.25) is 9.10 Å². The Hall–Kier alpha value is -1.96. The fourth-order valence-electron chi connectivity index (χ4n) is 2.81. The molecule has 9 heteroatoms. The van der Waals surface area contributed by atoms with Gasteiger partial charge in [0, 0.05) is 13.0 Å². The van der Waals surface area contributed by atoms with E-state index in [9.17, 15) is 13.2 Å². The van der Waals surface area contributed by atoms with Crippen LogP contribution < -0.4 is 14.4 Å². The molecule has 0 fully saturated rings. The molecule has 0 heterocycles. The van der Waals surface area contributed by atoms with Crippen LogP contribution in [0.3, 0.4) is 0 Å². The summed E-state index contributed by atoms with van der Waals surface area (Å²) in [5.74, 6) is 0.574. The summed E-state index contributed by atoms with van der Waals surface area (Å²) in [4.78, 5) is 12.1. The van der Waals surface area contributed by atoms with Crippen LogP contribution in [0.1, 0.15) is 24.0 Å². The number of nitrogens with zero attached hydrogens (tertiary/aromatic N) is 1. The van der Waals surface area contributed by atoms with Crippen LogP contribution in [0.15, 0.2) is 36.4 Å². The van der Waals surface area contributed by atoms with Crippen LogP contribution in [0.5, 0.6) is 5.75 Å². The molecule has 0 unspecified atom stereocenters. The minimum absolute atomic E-state index is 0.0921. The van der Waals surface area contributed by atoms with E-state index in [1.54, 1.807) is 18.2 Å². The summed E-state index contributed by atoms with van der Waals surface area (Å²) >= 11 is 12.3. The van der Waals surface area contributed by atoms with E-state index >= 15 is 0 Å². The normalized spacial score (nSPS) is 11.2. The largest absolute Gasteiger partial charge is 0.492 e. The number of halogens is 2. The van der Waals surface area contributed by atoms with E-state index in [0.29, 0.717) is 19.6 Å². The molecule has 2 aromatic rings. The third-order valence-corrected chi connectivity index (χ3v) is 6.30. The summed E-state index contributed by atoms with van der Waals surface area (Å²) in [5.41, 5.74) is 2.56. The Kier molecular flexibility index (Phi) is 8.82. The highest BCUT2D eigenvalue weighted by molar-refractivity contribution is 7.92. The van der Waals surface area contributed by atoms with Gasteiger partial charge in [-0.25, -0.2) is 8.42 Å². The lowest BCUT2D eigenvalue weighted by Crippen LogP contribution is -2.33. The third kappa shape index (κ3) is 7.07. The molecule has 0 bridgehead atoms. The number of hydrogen-bond donors (Lipinski definition) is 1. The van der Waals surface area contributed by atoms with Gasteiger partial charge in [-0.1, -0.05) is 35.3 Å². The maximum Gasteiger partial charge on any atom is 0.232 e. The van der Waals surface area contributed by atoms with Gasteiger partial charge < -0.3 is 10.1 Å². The molecule has 0 aromatic heterocycles. The van der Waals surface area contributed by atoms with Crippen LogP contribution in [0.4, 0.5) is 5.69 Å². The Morgan fingerprint density at radius 1 is 1.10 bits per heavy atom. The maximum absolute atomic E-state index is 12.2. The lowest BCUT2D eigenvalue weighted by atomic mass is 10.1. The van der Waals surface area contributed by atoms with Gasteiger partial charge in [-0.2, -0.15) is 0 Å². The molecule has 0 aliphatic heterocycles. The first-order valence-electron chi connectivity index (χ1n) is 9.48. The summed E-state index contributed by atoms with van der Waals surface area (Å²) in [6, 6.07) is 10.6. The lowest BCUT2D eigenvalue weighted by molar-refractivity contribution is -0.121. The van der Waals surface area contributed by atoms with Crippen LogP contribution >= 0.6 is 23.2 Å². The van der Waals surface area contributed by atoms with Crippen molar-refractivity contribution in [2.24, 2.45) is 0 Å². The average Bonchev–Trinajstić information content (AvgIpc) is 2.65. The molecule has 30 heavy (non-hydrogen) atoms. The molecule has 0 saturated carbocycles. The zero-order chi connectivity index (χ0) is 22.3. The molecule has 164 valence electrons. The van der Waals surface area contributed by atoms with Crippen molar-refractivity contribution >= 4 is 44.8 Å². The Labute approximate surface area is 188 Å². The van der Waals surface area contributed by atoms with Crippen molar-refractivity contribution in [1.29, 1.82) is 0 Å². The molecule has 2 aromatic carbocycles. The predicted octanol–water partition coefficient (Wildman–Crippen LogP) is 4.35. The highest BCUT2D eigenvalue weighted by Gasteiger charge is 2.22. The Morgan fingerprint density at radius 2 is 1.77 bits per heavy atom. The van der Waals surface area contributed by atoms with Crippen molar-refractivity contribution in [3.05, 3.63) is 57.6 Å². The first kappa shape index (κ1) is 24.3. The molecule has 0 aliphatic rings. The van der Waals surface area contributed by atoms with Crippen LogP contribution in [-0.2, 0) is 14.8 Å². The first-order chi connectivity index (χ1) is 14.1. The second-order valence-electron chi connectivity index (χ2n) is 6.95. The number of sulfonamides is 1. The molecule has 0 saturated heterocycles. The van der Waals surface area contributed by atoms with Gasteiger partial charge in [0.2, 0.25) is 15.9 Å². The first-order valence-corrected chi connectivity index (χ1v) is 12.1. The van der Waals surface area contributed by atoms with E-state index in [2.05, 4.69) is 5.32 Å². The van der Waals surface area contributed by atoms with E-state index in [4.69, 9.17) is 27.9 Å². The van der Waals surface area contributed by atoms with Gasteiger partial charge in [0.1, 0.15) is 12.4 Å². The number of aryl methyl sites for hydroxylation is 2. The molecule has 2 rings (SSSR count). The Bertz CT molecular complexity index is 976. The second-order valence-corrected chi connectivity index (χ2v) is 9.67. The number of carbonyl (C=O) groups excluding carboxylic acids is 1. The highest BCUT2D eigenvalue weighted by Crippen LogP contribution is 2.35. The Morgan fingerprint density at radius 3 is 2.37 bits per heavy atom. The Balaban J connectivity index is 1.81. The van der Waals surface area contributed by atoms with Gasteiger partial charge in [-0.05, 0) is 55.7 Å². The predicted molar refractivity (Wildman–Crippen MR) is 122 cm³/mol. The minimum atomic E-state index is -3.61. The van der Waals surface area contributed by atoms with E-state index < -0.39 is 10.0 Å². The molecule has 1 amide bonds. The van der Waals surface area contributed by atoms with E-state index in [-0.39, 0.29) is 34.6 Å². The SMILES string of the molecule is Cc1ccc(OCCNC(=O)CCCN(c2c(Cl)cccc2Cl)S(C)(=O)=O)cc1C. The van der Waals surface area contributed by atoms with Crippen molar-refractivity contribution < 1.29 is 17.9 Å². The summed E-state index contributed by atoms with van der Waals surface area (Å²) in [6.45, 7) is 4.84. The average molecular weight is 473 g/mol. The van der Waals surface area contributed by atoms with Crippen molar-refractivity contribution in [1.82, 2.24) is 5.32 Å². The van der Waals surface area contributed by atoms with Crippen molar-refractivity contribution in [3.63, 3.8) is 0 Å². The summed E-state index contributed by atoms with van der Waals surface area (Å²) < 4.78 is 31.2. The van der Waals surface area contributed by atoms with Gasteiger partial charge in [-0.15, -0.1) is 0 Å². The summed E-state index contributed by atoms with van der Waals surface area (Å²) in [7, 11) is -3.61. The van der Waals surface area contributed by atoms with Gasteiger partial charge >= 0.3 is 0 Å². The number of para-hydroxylation sites is 1. The number of nitrogens with one attached hydrogen (secondary N) is 1. The molecule has 0 aliphatic carbocycles. The van der Waals surface area contributed by atoms with Crippen molar-refractivity contribution in [2.75, 3.05) is 30.3 Å². The standard InChI is InChI=1S/C21H26Cl2N2O4S/c1-15-9-10-17(14-16(15)2)29-13-11-24-20(26)8-5-12-25(30(3,27)28)21-18(22)6-4-7-19(21)23/h4,6-7,9-10,14H,5,8,11-13H2,1-3H3,(H,24,26). The second kappa shape index (κ2) is 10.9. The molecule has 0 radical (unpaired) electrons. The summed E-state index contributed by atoms with van der Waals surface area (Å²) in [6.07, 6.45) is 1.56. The monoisotopic (exact) mass is 472 g/mol. The van der Waals surface area contributed by atoms with Crippen LogP contribution in [0.25, 0.3) is 0 Å². The number of benzene rings is 2. The molecular formula is C21H26Cl2N2O4S. The van der Waals surface area contributed by atoms with Gasteiger partial charge in [0.15, 0.2) is 0 Å². The molecule has 1 N–H and O–H groups in total. The fraction of sp³-hybridized carbons (Fsp3) is 0.381. The van der Waals surface area contributed by atoms with E-state index in [1.165, 1.54) is 5.56 Å². The maximum atomic E-state index is 12.2. The molecule has 0 atom stereocenters. The van der Waals surface area contributed by atoms with Gasteiger partial charge in [0.25, 0.3) is 0 Å². The van der Waals surface area contributed by atoms with E-state index in [0.717, 1.165) is 21.9 Å². The number of carbonyl (C=O) groups is 1. The van der Waals surface area contributed by atoms with E-state index in [1.807, 2.05) is 32.0 Å². The summed E-state index contributed by atoms with van der Waals surface area (Å²) in [5, 5.41) is 3.24. The quantitative estimate of drug-likeness (QED) is 0.521. The van der Waals surface area contributed by atoms with Crippen LogP contribution in [0, 0.1) is 13.8 Å². The highest BCUT2D eigenvalue weighted by atomic mass is 35.5. The third-order valence-electron chi connectivity index (χ3n) is 4.52. The van der Waals surface area contributed by atoms with Crippen LogP contribution in [-0.4, -0.2) is 40.3 Å². The number of anilines is 1. The smallest absolute Gasteiger partial charge is 0.232 e. The fourth-order valence-corrected chi connectivity index (χ4v) is 4.50. The number of ether oxygens (including phenoxy) is 1. The molecule has 6 nitrogen and oxygen atoms in total. The zero-order valence-electron chi connectivity index (χ0n) is 17.2. The van der Waals surface area contributed by atoms with Crippen molar-refractivity contribution in [3.8, 4) is 5.75 Å². The topological polar surface area (TPSA) is 75.7 Å². The minimum Gasteiger partial charge on any atom is -0.492 e. The number of rotatable bonds is 10.